The van der Waals surface area contributed by atoms with Gasteiger partial charge in [0, 0.05) is 6.04 Å². The second kappa shape index (κ2) is 7.84. The minimum atomic E-state index is 0.401. The van der Waals surface area contributed by atoms with E-state index in [2.05, 4.69) is 57.3 Å². The second-order valence-corrected chi connectivity index (χ2v) is 6.60. The summed E-state index contributed by atoms with van der Waals surface area (Å²) in [6, 6.07) is 9.15. The van der Waals surface area contributed by atoms with Gasteiger partial charge in [-0.2, -0.15) is 0 Å². The van der Waals surface area contributed by atoms with Crippen LogP contribution in [0.4, 0.5) is 0 Å². The van der Waals surface area contributed by atoms with Crippen LogP contribution in [0, 0.1) is 11.8 Å². The van der Waals surface area contributed by atoms with Crippen molar-refractivity contribution in [3.63, 3.8) is 0 Å². The molecule has 0 aliphatic heterocycles. The van der Waals surface area contributed by atoms with E-state index in [1.165, 1.54) is 24.8 Å². The summed E-state index contributed by atoms with van der Waals surface area (Å²) in [5.74, 6) is 2.65. The van der Waals surface area contributed by atoms with Gasteiger partial charge in [-0.15, -0.1) is 0 Å². The monoisotopic (exact) mass is 289 g/mol. The summed E-state index contributed by atoms with van der Waals surface area (Å²) in [5, 5.41) is 3.52. The molecule has 118 valence electrons. The Morgan fingerprint density at radius 1 is 1.10 bits per heavy atom. The average Bonchev–Trinajstić information content (AvgIpc) is 2.49. The van der Waals surface area contributed by atoms with Crippen LogP contribution in [-0.4, -0.2) is 12.6 Å². The highest BCUT2D eigenvalue weighted by atomic mass is 16.5. The van der Waals surface area contributed by atoms with Crippen molar-refractivity contribution in [1.29, 1.82) is 0 Å². The number of nitrogens with one attached hydrogen (secondary N) is 1. The van der Waals surface area contributed by atoms with Gasteiger partial charge in [0.1, 0.15) is 5.75 Å². The summed E-state index contributed by atoms with van der Waals surface area (Å²) in [7, 11) is 0. The van der Waals surface area contributed by atoms with Crippen LogP contribution in [0.1, 0.15) is 65.0 Å². The molecule has 1 saturated carbocycles. The van der Waals surface area contributed by atoms with Crippen LogP contribution in [0.15, 0.2) is 24.3 Å². The van der Waals surface area contributed by atoms with Crippen molar-refractivity contribution in [2.45, 2.75) is 65.5 Å². The van der Waals surface area contributed by atoms with Crippen LogP contribution < -0.4 is 10.1 Å². The van der Waals surface area contributed by atoms with Crippen molar-refractivity contribution in [3.05, 3.63) is 29.8 Å². The quantitative estimate of drug-likeness (QED) is 0.800. The van der Waals surface area contributed by atoms with Gasteiger partial charge in [-0.3, -0.25) is 0 Å². The van der Waals surface area contributed by atoms with Crippen molar-refractivity contribution in [1.82, 2.24) is 5.32 Å². The first-order valence-corrected chi connectivity index (χ1v) is 8.64. The van der Waals surface area contributed by atoms with E-state index in [0.29, 0.717) is 12.1 Å². The molecule has 1 N–H and O–H groups in total. The van der Waals surface area contributed by atoms with Crippen LogP contribution in [0.2, 0.25) is 0 Å². The summed E-state index contributed by atoms with van der Waals surface area (Å²) in [6.45, 7) is 10.1. The molecule has 1 fully saturated rings. The molecule has 2 heteroatoms. The molecule has 0 heterocycles. The zero-order valence-electron chi connectivity index (χ0n) is 14.1. The molecule has 0 aromatic heterocycles. The summed E-state index contributed by atoms with van der Waals surface area (Å²) >= 11 is 0. The Morgan fingerprint density at radius 2 is 1.81 bits per heavy atom. The van der Waals surface area contributed by atoms with Crippen LogP contribution in [0.5, 0.6) is 5.75 Å². The molecule has 2 nitrogen and oxygen atoms in total. The van der Waals surface area contributed by atoms with Gasteiger partial charge in [0.15, 0.2) is 0 Å². The van der Waals surface area contributed by atoms with Gasteiger partial charge in [-0.25, -0.2) is 0 Å². The van der Waals surface area contributed by atoms with Crippen molar-refractivity contribution >= 4 is 0 Å². The lowest BCUT2D eigenvalue weighted by Gasteiger charge is -2.32. The Morgan fingerprint density at radius 3 is 2.38 bits per heavy atom. The lowest BCUT2D eigenvalue weighted by molar-refractivity contribution is 0.101. The first-order chi connectivity index (χ1) is 10.1. The van der Waals surface area contributed by atoms with Gasteiger partial charge < -0.3 is 10.1 Å². The van der Waals surface area contributed by atoms with Crippen molar-refractivity contribution in [3.8, 4) is 5.75 Å². The maximum Gasteiger partial charge on any atom is 0.119 e. The predicted molar refractivity (Wildman–Crippen MR) is 89.7 cm³/mol. The summed E-state index contributed by atoms with van der Waals surface area (Å²) in [6.07, 6.45) is 5.20. The number of benzene rings is 1. The molecule has 1 aliphatic rings. The Kier molecular flexibility index (Phi) is 6.10. The standard InChI is InChI=1S/C19H31NO/c1-5-19(20-6-2)16-8-11-17(12-9-16)21-18-10-7-14(3)15(4)13-18/h8-9,11-12,14-15,18-20H,5-7,10,13H2,1-4H3. The van der Waals surface area contributed by atoms with Gasteiger partial charge in [0.25, 0.3) is 0 Å². The number of hydrogen-bond acceptors (Lipinski definition) is 2. The van der Waals surface area contributed by atoms with Crippen molar-refractivity contribution in [2.24, 2.45) is 11.8 Å². The molecule has 0 saturated heterocycles. The van der Waals surface area contributed by atoms with E-state index in [-0.39, 0.29) is 0 Å². The lowest BCUT2D eigenvalue weighted by atomic mass is 9.80. The van der Waals surface area contributed by atoms with E-state index < -0.39 is 0 Å². The Labute approximate surface area is 130 Å². The molecule has 1 aromatic rings. The van der Waals surface area contributed by atoms with Gasteiger partial charge in [-0.1, -0.05) is 39.8 Å². The molecule has 1 aliphatic carbocycles. The molecule has 0 spiro atoms. The van der Waals surface area contributed by atoms with Crippen LogP contribution in [0.3, 0.4) is 0 Å². The van der Waals surface area contributed by atoms with Gasteiger partial charge >= 0.3 is 0 Å². The molecule has 1 aromatic carbocycles. The second-order valence-electron chi connectivity index (χ2n) is 6.60. The SMILES string of the molecule is CCNC(CC)c1ccc(OC2CCC(C)C(C)C2)cc1. The summed E-state index contributed by atoms with van der Waals surface area (Å²) in [4.78, 5) is 0. The smallest absolute Gasteiger partial charge is 0.119 e. The third-order valence-corrected chi connectivity index (χ3v) is 4.99. The lowest BCUT2D eigenvalue weighted by Crippen LogP contribution is -2.28. The maximum absolute atomic E-state index is 6.18. The molecule has 0 bridgehead atoms. The number of rotatable bonds is 6. The van der Waals surface area contributed by atoms with Crippen molar-refractivity contribution < 1.29 is 4.74 Å². The fraction of sp³-hybridized carbons (Fsp3) is 0.684. The molecule has 21 heavy (non-hydrogen) atoms. The van der Waals surface area contributed by atoms with Crippen LogP contribution in [-0.2, 0) is 0 Å². The number of hydrogen-bond donors (Lipinski definition) is 1. The molecule has 0 radical (unpaired) electrons. The van der Waals surface area contributed by atoms with Crippen LogP contribution >= 0.6 is 0 Å². The van der Waals surface area contributed by atoms with E-state index >= 15 is 0 Å². The third kappa shape index (κ3) is 4.47. The van der Waals surface area contributed by atoms with Gasteiger partial charge in [0.2, 0.25) is 0 Å². The molecule has 2 rings (SSSR count). The fourth-order valence-electron chi connectivity index (χ4n) is 3.32. The molecular weight excluding hydrogens is 258 g/mol. The van der Waals surface area contributed by atoms with E-state index in [0.717, 1.165) is 30.6 Å². The molecule has 4 unspecified atom stereocenters. The predicted octanol–water partition coefficient (Wildman–Crippen LogP) is 4.95. The summed E-state index contributed by atoms with van der Waals surface area (Å²) in [5.41, 5.74) is 1.36. The summed E-state index contributed by atoms with van der Waals surface area (Å²) < 4.78 is 6.18. The van der Waals surface area contributed by atoms with Crippen molar-refractivity contribution in [2.75, 3.05) is 6.54 Å². The van der Waals surface area contributed by atoms with Gasteiger partial charge in [0.05, 0.1) is 6.10 Å². The van der Waals surface area contributed by atoms with E-state index in [1.54, 1.807) is 0 Å². The highest BCUT2D eigenvalue weighted by Crippen LogP contribution is 2.32. The zero-order valence-corrected chi connectivity index (χ0v) is 14.1. The minimum Gasteiger partial charge on any atom is -0.490 e. The molecular formula is C19H31NO. The van der Waals surface area contributed by atoms with E-state index in [1.807, 2.05) is 0 Å². The topological polar surface area (TPSA) is 21.3 Å². The molecule has 4 atom stereocenters. The maximum atomic E-state index is 6.18. The Hall–Kier alpha value is -1.02. The largest absolute Gasteiger partial charge is 0.490 e. The Balaban J connectivity index is 1.93. The molecule has 0 amide bonds. The van der Waals surface area contributed by atoms with Crippen LogP contribution in [0.25, 0.3) is 0 Å². The van der Waals surface area contributed by atoms with Gasteiger partial charge in [-0.05, 0) is 61.8 Å². The first kappa shape index (κ1) is 16.4. The first-order valence-electron chi connectivity index (χ1n) is 8.64. The van der Waals surface area contributed by atoms with E-state index in [9.17, 15) is 0 Å². The average molecular weight is 289 g/mol. The zero-order chi connectivity index (χ0) is 15.2. The Bertz CT molecular complexity index is 414. The fourth-order valence-corrected chi connectivity index (χ4v) is 3.32. The highest BCUT2D eigenvalue weighted by molar-refractivity contribution is 5.29. The normalized spacial score (nSPS) is 27.3. The number of ether oxygens (including phenoxy) is 1. The highest BCUT2D eigenvalue weighted by Gasteiger charge is 2.25. The van der Waals surface area contributed by atoms with E-state index in [4.69, 9.17) is 4.74 Å². The third-order valence-electron chi connectivity index (χ3n) is 4.99. The minimum absolute atomic E-state index is 0.401.